The van der Waals surface area contributed by atoms with Gasteiger partial charge < -0.3 is 14.9 Å². The average molecular weight is 408 g/mol. The molecule has 1 atom stereocenters. The summed E-state index contributed by atoms with van der Waals surface area (Å²) < 4.78 is 2.01. The fraction of sp³-hybridized carbons (Fsp3) is 0.318. The van der Waals surface area contributed by atoms with Crippen molar-refractivity contribution < 1.29 is 4.79 Å². The Bertz CT molecular complexity index is 1110. The third kappa shape index (κ3) is 4.00. The standard InChI is InChI=1S/C22H25N5OS/c1-14(2)21(22-24-15-8-4-5-9-16(15)25-22)26-20(28)12-27-18-11-7-6-10-17(18)23-19(27)13-29-3/h4-11,14,21H,12-13H2,1-3H3,(H,24,25)(H,26,28)/t21-/m0/s1. The Hall–Kier alpha value is -2.80. The van der Waals surface area contributed by atoms with Crippen LogP contribution in [0.4, 0.5) is 0 Å². The van der Waals surface area contributed by atoms with Crippen LogP contribution in [-0.2, 0) is 17.1 Å². The van der Waals surface area contributed by atoms with Crippen molar-refractivity contribution in [2.24, 2.45) is 5.92 Å². The summed E-state index contributed by atoms with van der Waals surface area (Å²) in [5.74, 6) is 2.62. The van der Waals surface area contributed by atoms with Crippen LogP contribution in [0.15, 0.2) is 48.5 Å². The summed E-state index contributed by atoms with van der Waals surface area (Å²) in [6, 6.07) is 15.7. The molecule has 0 radical (unpaired) electrons. The molecule has 0 spiro atoms. The Morgan fingerprint density at radius 1 is 1.10 bits per heavy atom. The molecule has 29 heavy (non-hydrogen) atoms. The van der Waals surface area contributed by atoms with E-state index in [9.17, 15) is 4.79 Å². The van der Waals surface area contributed by atoms with Gasteiger partial charge in [0, 0.05) is 0 Å². The van der Waals surface area contributed by atoms with E-state index in [-0.39, 0.29) is 24.4 Å². The molecular weight excluding hydrogens is 382 g/mol. The molecule has 4 aromatic rings. The van der Waals surface area contributed by atoms with Gasteiger partial charge in [-0.25, -0.2) is 9.97 Å². The van der Waals surface area contributed by atoms with Crippen molar-refractivity contribution in [3.63, 3.8) is 0 Å². The van der Waals surface area contributed by atoms with E-state index in [4.69, 9.17) is 4.98 Å². The van der Waals surface area contributed by atoms with Gasteiger partial charge in [-0.2, -0.15) is 11.8 Å². The van der Waals surface area contributed by atoms with Gasteiger partial charge in [0.25, 0.3) is 0 Å². The maximum absolute atomic E-state index is 13.0. The number of hydrogen-bond acceptors (Lipinski definition) is 4. The van der Waals surface area contributed by atoms with Gasteiger partial charge >= 0.3 is 0 Å². The number of aromatic nitrogens is 4. The van der Waals surface area contributed by atoms with Crippen LogP contribution in [0.3, 0.4) is 0 Å². The summed E-state index contributed by atoms with van der Waals surface area (Å²) in [4.78, 5) is 25.7. The first-order valence-electron chi connectivity index (χ1n) is 9.74. The van der Waals surface area contributed by atoms with Gasteiger partial charge in [-0.1, -0.05) is 38.1 Å². The van der Waals surface area contributed by atoms with E-state index in [1.165, 1.54) is 0 Å². The molecule has 150 valence electrons. The molecule has 0 saturated heterocycles. The summed E-state index contributed by atoms with van der Waals surface area (Å²) >= 11 is 1.70. The predicted octanol–water partition coefficient (Wildman–Crippen LogP) is 4.29. The lowest BCUT2D eigenvalue weighted by atomic mass is 10.0. The van der Waals surface area contributed by atoms with Crippen molar-refractivity contribution in [2.45, 2.75) is 32.2 Å². The summed E-state index contributed by atoms with van der Waals surface area (Å²) in [5, 5.41) is 3.18. The topological polar surface area (TPSA) is 75.6 Å². The van der Waals surface area contributed by atoms with E-state index in [2.05, 4.69) is 29.1 Å². The van der Waals surface area contributed by atoms with Crippen LogP contribution in [0.5, 0.6) is 0 Å². The molecule has 2 heterocycles. The van der Waals surface area contributed by atoms with E-state index >= 15 is 0 Å². The van der Waals surface area contributed by atoms with E-state index < -0.39 is 0 Å². The van der Waals surface area contributed by atoms with Crippen molar-refractivity contribution >= 4 is 39.7 Å². The van der Waals surface area contributed by atoms with Crippen molar-refractivity contribution in [3.8, 4) is 0 Å². The highest BCUT2D eigenvalue weighted by molar-refractivity contribution is 7.97. The molecule has 0 unspecified atom stereocenters. The molecule has 0 saturated carbocycles. The number of imidazole rings is 2. The minimum atomic E-state index is -0.186. The van der Waals surface area contributed by atoms with Crippen LogP contribution in [0.25, 0.3) is 22.1 Å². The molecule has 0 aliphatic heterocycles. The second kappa shape index (κ2) is 8.29. The summed E-state index contributed by atoms with van der Waals surface area (Å²) in [5.41, 5.74) is 3.79. The Kier molecular flexibility index (Phi) is 5.58. The van der Waals surface area contributed by atoms with Crippen LogP contribution in [0.1, 0.15) is 31.5 Å². The molecule has 0 bridgehead atoms. The number of thioether (sulfide) groups is 1. The van der Waals surface area contributed by atoms with Crippen molar-refractivity contribution in [2.75, 3.05) is 6.26 Å². The number of nitrogens with one attached hydrogen (secondary N) is 2. The lowest BCUT2D eigenvalue weighted by molar-refractivity contribution is -0.122. The van der Waals surface area contributed by atoms with Crippen LogP contribution in [0.2, 0.25) is 0 Å². The molecule has 0 aliphatic rings. The Labute approximate surface area is 174 Å². The minimum absolute atomic E-state index is 0.0466. The predicted molar refractivity (Wildman–Crippen MR) is 119 cm³/mol. The number of carbonyl (C=O) groups excluding carboxylic acids is 1. The fourth-order valence-corrected chi connectivity index (χ4v) is 4.05. The molecule has 0 fully saturated rings. The van der Waals surface area contributed by atoms with Crippen LogP contribution >= 0.6 is 11.8 Å². The Morgan fingerprint density at radius 3 is 2.55 bits per heavy atom. The number of H-pyrrole nitrogens is 1. The van der Waals surface area contributed by atoms with Crippen molar-refractivity contribution in [1.82, 2.24) is 24.8 Å². The first-order chi connectivity index (χ1) is 14.1. The van der Waals surface area contributed by atoms with E-state index in [0.717, 1.165) is 39.5 Å². The number of aromatic amines is 1. The number of benzene rings is 2. The van der Waals surface area contributed by atoms with Crippen LogP contribution < -0.4 is 5.32 Å². The monoisotopic (exact) mass is 407 g/mol. The molecule has 1 amide bonds. The third-order valence-corrected chi connectivity index (χ3v) is 5.54. The number of nitrogens with zero attached hydrogens (tertiary/aromatic N) is 3. The number of fused-ring (bicyclic) bond motifs is 2. The molecule has 6 nitrogen and oxygen atoms in total. The van der Waals surface area contributed by atoms with Gasteiger partial charge in [0.2, 0.25) is 5.91 Å². The molecule has 0 aliphatic carbocycles. The number of carbonyl (C=O) groups is 1. The van der Waals surface area contributed by atoms with Crippen LogP contribution in [0, 0.1) is 5.92 Å². The minimum Gasteiger partial charge on any atom is -0.344 e. The Morgan fingerprint density at radius 2 is 1.83 bits per heavy atom. The molecule has 2 aromatic carbocycles. The number of amides is 1. The zero-order valence-corrected chi connectivity index (χ0v) is 17.7. The summed E-state index contributed by atoms with van der Waals surface area (Å²) in [6.45, 7) is 4.41. The van der Waals surface area contributed by atoms with Gasteiger partial charge in [-0.3, -0.25) is 4.79 Å². The lowest BCUT2D eigenvalue weighted by Crippen LogP contribution is -2.35. The van der Waals surface area contributed by atoms with E-state index in [1.807, 2.05) is 59.4 Å². The number of para-hydroxylation sites is 4. The largest absolute Gasteiger partial charge is 0.344 e. The highest BCUT2D eigenvalue weighted by Crippen LogP contribution is 2.23. The maximum Gasteiger partial charge on any atom is 0.240 e. The van der Waals surface area contributed by atoms with Crippen molar-refractivity contribution in [1.29, 1.82) is 0 Å². The SMILES string of the molecule is CSCc1nc2ccccc2n1CC(=O)N[C@H](c1nc2ccccc2[nH]1)C(C)C. The van der Waals surface area contributed by atoms with Crippen LogP contribution in [-0.4, -0.2) is 31.7 Å². The van der Waals surface area contributed by atoms with Gasteiger partial charge in [-0.05, 0) is 36.4 Å². The third-order valence-electron chi connectivity index (χ3n) is 4.99. The molecule has 2 N–H and O–H groups in total. The first kappa shape index (κ1) is 19.5. The van der Waals surface area contributed by atoms with Crippen molar-refractivity contribution in [3.05, 3.63) is 60.2 Å². The number of hydrogen-bond donors (Lipinski definition) is 2. The number of rotatable bonds is 7. The fourth-order valence-electron chi connectivity index (χ4n) is 3.57. The highest BCUT2D eigenvalue weighted by Gasteiger charge is 2.23. The second-order valence-electron chi connectivity index (χ2n) is 7.46. The molecular formula is C22H25N5OS. The van der Waals surface area contributed by atoms with Gasteiger partial charge in [-0.15, -0.1) is 0 Å². The summed E-state index contributed by atoms with van der Waals surface area (Å²) in [6.07, 6.45) is 2.04. The molecule has 7 heteroatoms. The van der Waals surface area contributed by atoms with Gasteiger partial charge in [0.1, 0.15) is 18.2 Å². The van der Waals surface area contributed by atoms with E-state index in [1.54, 1.807) is 11.8 Å². The zero-order valence-electron chi connectivity index (χ0n) is 16.8. The average Bonchev–Trinajstić information content (AvgIpc) is 3.28. The quantitative estimate of drug-likeness (QED) is 0.479. The smallest absolute Gasteiger partial charge is 0.240 e. The zero-order chi connectivity index (χ0) is 20.4. The molecule has 4 rings (SSSR count). The first-order valence-corrected chi connectivity index (χ1v) is 11.1. The lowest BCUT2D eigenvalue weighted by Gasteiger charge is -2.21. The van der Waals surface area contributed by atoms with Gasteiger partial charge in [0.05, 0.1) is 33.9 Å². The van der Waals surface area contributed by atoms with E-state index in [0.29, 0.717) is 0 Å². The Balaban J connectivity index is 1.59. The molecule has 2 aromatic heterocycles. The van der Waals surface area contributed by atoms with Gasteiger partial charge in [0.15, 0.2) is 0 Å². The normalized spacial score (nSPS) is 12.7. The summed E-state index contributed by atoms with van der Waals surface area (Å²) in [7, 11) is 0. The second-order valence-corrected chi connectivity index (χ2v) is 8.33. The maximum atomic E-state index is 13.0. The highest BCUT2D eigenvalue weighted by atomic mass is 32.2.